The second-order valence-corrected chi connectivity index (χ2v) is 2.44. The first-order chi connectivity index (χ1) is 6.41. The topological polar surface area (TPSA) is 39.7 Å². The zero-order valence-corrected chi connectivity index (χ0v) is 8.38. The molecule has 0 heterocycles. The largest absolute Gasteiger partial charge is 0.379 e. The molecule has 0 aromatic carbocycles. The predicted molar refractivity (Wildman–Crippen MR) is 51.7 cm³/mol. The van der Waals surface area contributed by atoms with E-state index in [9.17, 15) is 0 Å². The summed E-state index contributed by atoms with van der Waals surface area (Å²) in [6.45, 7) is 8.16. The van der Waals surface area contributed by atoms with E-state index in [0.717, 1.165) is 13.2 Å². The molecule has 0 unspecified atom stereocenters. The summed E-state index contributed by atoms with van der Waals surface area (Å²) in [5.74, 6) is 0. The molecule has 0 amide bonds. The van der Waals surface area contributed by atoms with E-state index in [1.807, 2.05) is 7.05 Å². The van der Waals surface area contributed by atoms with Crippen molar-refractivity contribution in [3.8, 4) is 0 Å². The molecule has 0 fully saturated rings. The lowest BCUT2D eigenvalue weighted by Crippen LogP contribution is -2.16. The molecule has 1 N–H and O–H groups in total. The van der Waals surface area contributed by atoms with Gasteiger partial charge in [-0.25, -0.2) is 0 Å². The molecule has 0 spiro atoms. The van der Waals surface area contributed by atoms with E-state index in [4.69, 9.17) is 14.2 Å². The Hall–Kier alpha value is -0.160. The molecule has 13 heavy (non-hydrogen) atoms. The summed E-state index contributed by atoms with van der Waals surface area (Å²) in [6, 6.07) is 0. The minimum atomic E-state index is 0.502. The minimum absolute atomic E-state index is 0.502. The van der Waals surface area contributed by atoms with Gasteiger partial charge in [-0.3, -0.25) is 0 Å². The molecule has 0 aromatic heterocycles. The Morgan fingerprint density at radius 2 is 1.46 bits per heavy atom. The number of nitrogens with one attached hydrogen (secondary N) is 1. The third-order valence-corrected chi connectivity index (χ3v) is 1.38. The highest BCUT2D eigenvalue weighted by Gasteiger charge is 1.89. The van der Waals surface area contributed by atoms with Crippen molar-refractivity contribution < 1.29 is 14.2 Å². The van der Waals surface area contributed by atoms with Crippen LogP contribution in [0.25, 0.3) is 0 Å². The average molecular weight is 190 g/mol. The Balaban J connectivity index is 2.76. The molecule has 79 valence electrons. The van der Waals surface area contributed by atoms with Gasteiger partial charge in [0, 0.05) is 13.2 Å². The van der Waals surface area contributed by atoms with Gasteiger partial charge < -0.3 is 19.5 Å². The van der Waals surface area contributed by atoms with Gasteiger partial charge in [-0.2, -0.15) is 0 Å². The van der Waals surface area contributed by atoms with E-state index < -0.39 is 0 Å². The normalized spacial score (nSPS) is 10.6. The minimum Gasteiger partial charge on any atom is -0.379 e. The molecule has 0 atom stereocenters. The van der Waals surface area contributed by atoms with Crippen molar-refractivity contribution in [3.05, 3.63) is 6.92 Å². The van der Waals surface area contributed by atoms with Crippen LogP contribution in [0.15, 0.2) is 0 Å². The van der Waals surface area contributed by atoms with Gasteiger partial charge in [0.15, 0.2) is 0 Å². The molecule has 0 aliphatic rings. The number of rotatable bonds is 10. The average Bonchev–Trinajstić information content (AvgIpc) is 2.16. The van der Waals surface area contributed by atoms with Crippen LogP contribution < -0.4 is 5.32 Å². The fraction of sp³-hybridized carbons (Fsp3) is 0.889. The third kappa shape index (κ3) is 11.8. The summed E-state index contributed by atoms with van der Waals surface area (Å²) in [5, 5.41) is 2.99. The summed E-state index contributed by atoms with van der Waals surface area (Å²) in [6.07, 6.45) is 0. The third-order valence-electron chi connectivity index (χ3n) is 1.38. The van der Waals surface area contributed by atoms with Crippen molar-refractivity contribution in [1.29, 1.82) is 0 Å². The van der Waals surface area contributed by atoms with Crippen LogP contribution in [0.3, 0.4) is 0 Å². The fourth-order valence-electron chi connectivity index (χ4n) is 0.716. The first kappa shape index (κ1) is 12.8. The van der Waals surface area contributed by atoms with Crippen molar-refractivity contribution in [3.63, 3.8) is 0 Å². The summed E-state index contributed by atoms with van der Waals surface area (Å²) in [7, 11) is 1.90. The highest BCUT2D eigenvalue weighted by molar-refractivity contribution is 4.37. The maximum absolute atomic E-state index is 5.24. The molecule has 0 aliphatic carbocycles. The van der Waals surface area contributed by atoms with E-state index in [1.54, 1.807) is 0 Å². The summed E-state index contributed by atoms with van der Waals surface area (Å²) >= 11 is 0. The van der Waals surface area contributed by atoms with Gasteiger partial charge in [0.25, 0.3) is 0 Å². The van der Waals surface area contributed by atoms with E-state index in [1.165, 1.54) is 0 Å². The molecule has 0 bridgehead atoms. The molecule has 0 aliphatic heterocycles. The Kier molecular flexibility index (Phi) is 11.7. The molecule has 4 heteroatoms. The summed E-state index contributed by atoms with van der Waals surface area (Å²) < 4.78 is 15.4. The van der Waals surface area contributed by atoms with Crippen molar-refractivity contribution in [2.45, 2.75) is 0 Å². The van der Waals surface area contributed by atoms with Crippen LogP contribution in [0.4, 0.5) is 0 Å². The first-order valence-electron chi connectivity index (χ1n) is 4.59. The number of ether oxygens (including phenoxy) is 3. The van der Waals surface area contributed by atoms with Crippen LogP contribution in [-0.4, -0.2) is 53.2 Å². The first-order valence-corrected chi connectivity index (χ1v) is 4.59. The lowest BCUT2D eigenvalue weighted by molar-refractivity contribution is 0.0201. The second-order valence-electron chi connectivity index (χ2n) is 2.44. The van der Waals surface area contributed by atoms with Gasteiger partial charge in [-0.05, 0) is 14.0 Å². The van der Waals surface area contributed by atoms with Crippen molar-refractivity contribution in [1.82, 2.24) is 5.32 Å². The maximum Gasteiger partial charge on any atom is 0.0701 e. The molecule has 0 saturated carbocycles. The monoisotopic (exact) mass is 190 g/mol. The van der Waals surface area contributed by atoms with Gasteiger partial charge in [0.05, 0.1) is 33.0 Å². The van der Waals surface area contributed by atoms with Crippen molar-refractivity contribution >= 4 is 0 Å². The van der Waals surface area contributed by atoms with E-state index in [0.29, 0.717) is 33.0 Å². The fourth-order valence-corrected chi connectivity index (χ4v) is 0.716. The molecule has 0 aromatic rings. The van der Waals surface area contributed by atoms with Crippen LogP contribution in [0.2, 0.25) is 0 Å². The molecular formula is C9H20NO3. The highest BCUT2D eigenvalue weighted by atomic mass is 16.5. The van der Waals surface area contributed by atoms with E-state index in [2.05, 4.69) is 12.2 Å². The Morgan fingerprint density at radius 3 is 2.00 bits per heavy atom. The lowest BCUT2D eigenvalue weighted by atomic mass is 10.6. The standard InChI is InChI=1S/C9H20NO3/c1-3-11-6-7-13-9-8-12-5-4-10-2/h10H,1,3-9H2,2H3. The van der Waals surface area contributed by atoms with Crippen LogP contribution in [-0.2, 0) is 14.2 Å². The smallest absolute Gasteiger partial charge is 0.0701 e. The zero-order chi connectivity index (χ0) is 9.78. The van der Waals surface area contributed by atoms with Crippen LogP contribution in [0, 0.1) is 6.92 Å². The predicted octanol–water partition coefficient (Wildman–Crippen LogP) is 0.0897. The molecule has 0 saturated heterocycles. The highest BCUT2D eigenvalue weighted by Crippen LogP contribution is 1.79. The second kappa shape index (κ2) is 11.8. The van der Waals surface area contributed by atoms with Gasteiger partial charge in [0.1, 0.15) is 0 Å². The molecular weight excluding hydrogens is 170 g/mol. The van der Waals surface area contributed by atoms with Crippen LogP contribution in [0.1, 0.15) is 0 Å². The number of hydrogen-bond acceptors (Lipinski definition) is 4. The number of hydrogen-bond donors (Lipinski definition) is 1. The van der Waals surface area contributed by atoms with Crippen molar-refractivity contribution in [2.24, 2.45) is 0 Å². The molecule has 0 rings (SSSR count). The number of likely N-dealkylation sites (N-methyl/N-ethyl adjacent to an activating group) is 1. The van der Waals surface area contributed by atoms with Crippen LogP contribution in [0.5, 0.6) is 0 Å². The summed E-state index contributed by atoms with van der Waals surface area (Å²) in [4.78, 5) is 0. The SMILES string of the molecule is [CH2]COCCOCCOCCNC. The lowest BCUT2D eigenvalue weighted by Gasteiger charge is -2.05. The zero-order valence-electron chi connectivity index (χ0n) is 8.38. The van der Waals surface area contributed by atoms with Gasteiger partial charge >= 0.3 is 0 Å². The van der Waals surface area contributed by atoms with Crippen molar-refractivity contribution in [2.75, 3.05) is 53.2 Å². The van der Waals surface area contributed by atoms with Gasteiger partial charge in [-0.15, -0.1) is 0 Å². The van der Waals surface area contributed by atoms with Gasteiger partial charge in [0.2, 0.25) is 0 Å². The van der Waals surface area contributed by atoms with E-state index >= 15 is 0 Å². The van der Waals surface area contributed by atoms with Crippen LogP contribution >= 0.6 is 0 Å². The Bertz CT molecular complexity index is 80.9. The Labute approximate surface area is 80.5 Å². The Morgan fingerprint density at radius 1 is 0.923 bits per heavy atom. The van der Waals surface area contributed by atoms with E-state index in [-0.39, 0.29) is 0 Å². The quantitative estimate of drug-likeness (QED) is 0.496. The maximum atomic E-state index is 5.24. The van der Waals surface area contributed by atoms with Gasteiger partial charge in [-0.1, -0.05) is 0 Å². The molecule has 1 radical (unpaired) electrons. The summed E-state index contributed by atoms with van der Waals surface area (Å²) in [5.41, 5.74) is 0. The molecule has 4 nitrogen and oxygen atoms in total.